The van der Waals surface area contributed by atoms with E-state index in [0.29, 0.717) is 17.5 Å². The van der Waals surface area contributed by atoms with E-state index in [0.717, 1.165) is 49.9 Å². The molecule has 13 rings (SSSR count). The number of rotatable bonds is 5. The Bertz CT molecular complexity index is 3860. The fourth-order valence-electron chi connectivity index (χ4n) is 9.65. The summed E-state index contributed by atoms with van der Waals surface area (Å²) in [6, 6.07) is 75.9. The van der Waals surface area contributed by atoms with E-state index in [1.54, 1.807) is 0 Å². The number of benzene rings is 10. The predicted molar refractivity (Wildman–Crippen MR) is 257 cm³/mol. The van der Waals surface area contributed by atoms with Gasteiger partial charge in [0.15, 0.2) is 17.5 Å². The summed E-state index contributed by atoms with van der Waals surface area (Å²) < 4.78 is 4.88. The quantitative estimate of drug-likeness (QED) is 0.174. The van der Waals surface area contributed by atoms with E-state index in [1.165, 1.54) is 54.1 Å². The number of hydrogen-bond donors (Lipinski definition) is 0. The number of hydrogen-bond acceptors (Lipinski definition) is 3. The molecule has 0 aliphatic rings. The zero-order valence-electron chi connectivity index (χ0n) is 33.4. The highest BCUT2D eigenvalue weighted by molar-refractivity contribution is 6.21. The Labute approximate surface area is 356 Å². The molecular weight excluding hydrogens is 755 g/mol. The zero-order valence-corrected chi connectivity index (χ0v) is 33.4. The van der Waals surface area contributed by atoms with Crippen molar-refractivity contribution in [2.75, 3.05) is 0 Å². The maximum atomic E-state index is 5.15. The van der Waals surface area contributed by atoms with Crippen LogP contribution in [0.2, 0.25) is 0 Å². The fraction of sp³-hybridized carbons (Fsp3) is 0. The molecule has 0 amide bonds. The molecule has 13 aromatic rings. The van der Waals surface area contributed by atoms with Crippen LogP contribution in [0.5, 0.6) is 0 Å². The molecule has 5 nitrogen and oxygen atoms in total. The molecule has 62 heavy (non-hydrogen) atoms. The average molecular weight is 790 g/mol. The summed E-state index contributed by atoms with van der Waals surface area (Å²) in [5, 5.41) is 12.0. The van der Waals surface area contributed by atoms with Gasteiger partial charge in [0.1, 0.15) is 0 Å². The number of nitrogens with zero attached hydrogens (tertiary/aromatic N) is 5. The summed E-state index contributed by atoms with van der Waals surface area (Å²) in [6.07, 6.45) is 0. The summed E-state index contributed by atoms with van der Waals surface area (Å²) in [5.74, 6) is 1.92. The Morgan fingerprint density at radius 1 is 0.274 bits per heavy atom. The van der Waals surface area contributed by atoms with Crippen molar-refractivity contribution in [2.24, 2.45) is 0 Å². The second-order valence-electron chi connectivity index (χ2n) is 16.0. The summed E-state index contributed by atoms with van der Waals surface area (Å²) in [5.41, 5.74) is 9.67. The van der Waals surface area contributed by atoms with Crippen molar-refractivity contribution in [1.82, 2.24) is 24.1 Å². The van der Waals surface area contributed by atoms with Gasteiger partial charge in [0.05, 0.1) is 22.1 Å². The van der Waals surface area contributed by atoms with E-state index >= 15 is 0 Å². The Balaban J connectivity index is 1.07. The smallest absolute Gasteiger partial charge is 0.164 e. The molecule has 0 radical (unpaired) electrons. The fourth-order valence-corrected chi connectivity index (χ4v) is 9.65. The topological polar surface area (TPSA) is 48.5 Å². The first-order chi connectivity index (χ1) is 30.7. The van der Waals surface area contributed by atoms with E-state index in [-0.39, 0.29) is 0 Å². The molecule has 0 fully saturated rings. The van der Waals surface area contributed by atoms with Gasteiger partial charge in [-0.15, -0.1) is 0 Å². The largest absolute Gasteiger partial charge is 0.309 e. The Hall–Kier alpha value is -8.41. The summed E-state index contributed by atoms with van der Waals surface area (Å²) in [4.78, 5) is 15.3. The molecule has 0 aliphatic carbocycles. The molecule has 3 aromatic heterocycles. The molecule has 288 valence electrons. The molecule has 0 aliphatic heterocycles. The van der Waals surface area contributed by atoms with Gasteiger partial charge in [-0.3, -0.25) is 0 Å². The lowest BCUT2D eigenvalue weighted by Gasteiger charge is -2.14. The predicted octanol–water partition coefficient (Wildman–Crippen LogP) is 14.5. The van der Waals surface area contributed by atoms with Crippen LogP contribution in [0.1, 0.15) is 0 Å². The first-order valence-electron chi connectivity index (χ1n) is 21.0. The zero-order chi connectivity index (χ0) is 40.7. The van der Waals surface area contributed by atoms with Gasteiger partial charge in [0, 0.05) is 49.6 Å². The van der Waals surface area contributed by atoms with Crippen molar-refractivity contribution in [1.29, 1.82) is 0 Å². The normalized spacial score (nSPS) is 11.9. The van der Waals surface area contributed by atoms with Crippen LogP contribution in [0.4, 0.5) is 0 Å². The van der Waals surface area contributed by atoms with E-state index in [4.69, 9.17) is 15.0 Å². The molecule has 0 bridgehead atoms. The van der Waals surface area contributed by atoms with Gasteiger partial charge in [0.2, 0.25) is 0 Å². The summed E-state index contributed by atoms with van der Waals surface area (Å²) in [7, 11) is 0. The van der Waals surface area contributed by atoms with Crippen molar-refractivity contribution in [3.8, 4) is 45.5 Å². The summed E-state index contributed by atoms with van der Waals surface area (Å²) >= 11 is 0. The standard InChI is InChI=1S/C57H35N5/c1-3-15-38(16-4-1)55-58-56(39-17-5-2-6-18-39)60-57(59-55)46-24-13-21-37-26-28-42(34-48(37)46)62-52-33-41-20-8-7-19-40(41)32-49(52)45-30-29-43(35-53(45)62)61-50-25-12-11-23-47(50)54-44-22-10-9-14-36(44)27-31-51(54)61/h1-35H. The van der Waals surface area contributed by atoms with Gasteiger partial charge in [-0.25, -0.2) is 15.0 Å². The van der Waals surface area contributed by atoms with E-state index in [2.05, 4.69) is 185 Å². The highest BCUT2D eigenvalue weighted by atomic mass is 15.0. The molecule has 5 heteroatoms. The molecule has 0 N–H and O–H groups in total. The van der Waals surface area contributed by atoms with Gasteiger partial charge in [0.25, 0.3) is 0 Å². The Kier molecular flexibility index (Phi) is 7.54. The third kappa shape index (κ3) is 5.32. The highest BCUT2D eigenvalue weighted by Gasteiger charge is 2.20. The van der Waals surface area contributed by atoms with Crippen LogP contribution >= 0.6 is 0 Å². The van der Waals surface area contributed by atoms with Crippen LogP contribution in [-0.2, 0) is 0 Å². The first kappa shape index (κ1) is 34.5. The minimum absolute atomic E-state index is 0.634. The van der Waals surface area contributed by atoms with Crippen molar-refractivity contribution >= 4 is 75.9 Å². The van der Waals surface area contributed by atoms with Crippen LogP contribution in [0.15, 0.2) is 212 Å². The van der Waals surface area contributed by atoms with Crippen molar-refractivity contribution < 1.29 is 0 Å². The third-order valence-corrected chi connectivity index (χ3v) is 12.5. The molecule has 0 unspecified atom stereocenters. The van der Waals surface area contributed by atoms with Gasteiger partial charge in [-0.2, -0.15) is 0 Å². The molecule has 0 saturated carbocycles. The lowest BCUT2D eigenvalue weighted by Crippen LogP contribution is -2.01. The second-order valence-corrected chi connectivity index (χ2v) is 16.0. The van der Waals surface area contributed by atoms with Crippen molar-refractivity contribution in [3.63, 3.8) is 0 Å². The van der Waals surface area contributed by atoms with Crippen LogP contribution in [-0.4, -0.2) is 24.1 Å². The third-order valence-electron chi connectivity index (χ3n) is 12.5. The minimum Gasteiger partial charge on any atom is -0.309 e. The highest BCUT2D eigenvalue weighted by Crippen LogP contribution is 2.41. The van der Waals surface area contributed by atoms with Gasteiger partial charge < -0.3 is 9.13 Å². The number of fused-ring (bicyclic) bond motifs is 10. The lowest BCUT2D eigenvalue weighted by atomic mass is 10.0. The number of aromatic nitrogens is 5. The van der Waals surface area contributed by atoms with Crippen LogP contribution in [0.25, 0.3) is 121 Å². The number of para-hydroxylation sites is 1. The molecule has 0 saturated heterocycles. The molecule has 3 heterocycles. The Morgan fingerprint density at radius 3 is 1.60 bits per heavy atom. The molecule has 0 spiro atoms. The van der Waals surface area contributed by atoms with Crippen LogP contribution in [0, 0.1) is 0 Å². The van der Waals surface area contributed by atoms with Crippen molar-refractivity contribution in [3.05, 3.63) is 212 Å². The van der Waals surface area contributed by atoms with Gasteiger partial charge in [-0.05, 0) is 80.8 Å². The maximum absolute atomic E-state index is 5.15. The van der Waals surface area contributed by atoms with Gasteiger partial charge >= 0.3 is 0 Å². The van der Waals surface area contributed by atoms with Crippen molar-refractivity contribution in [2.45, 2.75) is 0 Å². The minimum atomic E-state index is 0.634. The lowest BCUT2D eigenvalue weighted by molar-refractivity contribution is 1.08. The molecular formula is C57H35N5. The van der Waals surface area contributed by atoms with Crippen LogP contribution < -0.4 is 0 Å². The average Bonchev–Trinajstić information content (AvgIpc) is 3.85. The SMILES string of the molecule is c1ccc(-c2nc(-c3ccccc3)nc(-c3cccc4ccc(-n5c6cc(-n7c8ccccc8c8c9ccccc9ccc87)ccc6c6cc7ccccc7cc65)cc34)n2)cc1. The summed E-state index contributed by atoms with van der Waals surface area (Å²) in [6.45, 7) is 0. The molecule has 0 atom stereocenters. The monoisotopic (exact) mass is 789 g/mol. The second kappa shape index (κ2) is 13.6. The molecule has 10 aromatic carbocycles. The van der Waals surface area contributed by atoms with E-state index < -0.39 is 0 Å². The first-order valence-corrected chi connectivity index (χ1v) is 21.0. The van der Waals surface area contributed by atoms with E-state index in [1.807, 2.05) is 36.4 Å². The van der Waals surface area contributed by atoms with Crippen LogP contribution in [0.3, 0.4) is 0 Å². The van der Waals surface area contributed by atoms with E-state index in [9.17, 15) is 0 Å². The maximum Gasteiger partial charge on any atom is 0.164 e. The van der Waals surface area contributed by atoms with Gasteiger partial charge in [-0.1, -0.05) is 164 Å². The Morgan fingerprint density at radius 2 is 0.823 bits per heavy atom.